The van der Waals surface area contributed by atoms with E-state index in [-0.39, 0.29) is 91.1 Å². The largest absolute Gasteiger partial charge is 1.00 e. The van der Waals surface area contributed by atoms with E-state index in [1.165, 1.54) is 11.1 Å². The highest BCUT2D eigenvalue weighted by molar-refractivity contribution is 6.10. The van der Waals surface area contributed by atoms with Gasteiger partial charge >= 0.3 is 0 Å². The topological polar surface area (TPSA) is 68.3 Å². The van der Waals surface area contributed by atoms with E-state index in [4.69, 9.17) is 0 Å². The molecule has 0 amide bonds. The smallest absolute Gasteiger partial charge is 0.208 e. The van der Waals surface area contributed by atoms with E-state index in [1.807, 2.05) is 170 Å². The summed E-state index contributed by atoms with van der Waals surface area (Å²) in [5, 5.41) is 0. The Labute approximate surface area is 510 Å². The van der Waals surface area contributed by atoms with Crippen molar-refractivity contribution in [3.05, 3.63) is 285 Å². The summed E-state index contributed by atoms with van der Waals surface area (Å²) in [7, 11) is 13.9. The van der Waals surface area contributed by atoms with Gasteiger partial charge in [0.05, 0.1) is 42.3 Å². The molecular weight excluding hydrogens is 1240 g/mol. The van der Waals surface area contributed by atoms with Crippen LogP contribution in [0.3, 0.4) is 0 Å². The van der Waals surface area contributed by atoms with E-state index >= 15 is 0 Å². The summed E-state index contributed by atoms with van der Waals surface area (Å²) < 4.78 is 2.93. The Balaban J connectivity index is 0.00000336. The first-order valence-electron chi connectivity index (χ1n) is 26.0. The zero-order valence-electron chi connectivity index (χ0n) is 46.1. The van der Waals surface area contributed by atoms with Crippen LogP contribution in [0.25, 0.3) is 0 Å². The molecule has 8 aromatic carbocycles. The molecule has 8 aromatic rings. The lowest BCUT2D eigenvalue weighted by Crippen LogP contribution is -3.00. The van der Waals surface area contributed by atoms with Gasteiger partial charge in [-0.05, 0) is 0 Å². The molecule has 0 N–H and O–H groups in total. The van der Waals surface area contributed by atoms with E-state index in [2.05, 4.69) is 90.8 Å². The summed E-state index contributed by atoms with van der Waals surface area (Å²) in [6, 6.07) is 70.3. The van der Waals surface area contributed by atoms with Crippen LogP contribution in [0.2, 0.25) is 0 Å². The Kier molecular flexibility index (Phi) is 24.6. The molecule has 2 unspecified atom stereocenters. The molecule has 0 spiro atoms. The summed E-state index contributed by atoms with van der Waals surface area (Å²) in [5.74, 6) is 0.0579. The highest BCUT2D eigenvalue weighted by atomic mass is 79.9. The maximum atomic E-state index is 13.5. The standard InChI is InChI=1S/C67H72N4O4.4BrH/c1-68(2,47-52-27-35-60(36-28-52)64(72)56-19-11-7-12-20-56)43-45-70(5,49-54-31-39-62(40-32-54)66(74)58-23-15-9-16-24-58)51-71(6,50-55-33-41-63(42-34-55)67(75)59-25-17-10-18-26-59)46-44-69(3,4)48-53-29-37-61(38-30-53)65(73)57-21-13-8-14-22-57;;;;/h7-42H,43-51H2,1-6H3;4*1H/q+4;;;;/p-4. The molecule has 12 heteroatoms. The first-order chi connectivity index (χ1) is 35.9. The third-order valence-corrected chi connectivity index (χ3v) is 14.5. The van der Waals surface area contributed by atoms with Crippen molar-refractivity contribution in [2.75, 3.05) is 75.1 Å². The summed E-state index contributed by atoms with van der Waals surface area (Å²) in [4.78, 5) is 53.5. The molecule has 0 saturated heterocycles. The van der Waals surface area contributed by atoms with Crippen molar-refractivity contribution in [1.82, 2.24) is 0 Å². The number of hydrogen-bond donors (Lipinski definition) is 0. The lowest BCUT2D eigenvalue weighted by atomic mass is 10.0. The van der Waals surface area contributed by atoms with Crippen LogP contribution in [0.15, 0.2) is 218 Å². The van der Waals surface area contributed by atoms with Crippen LogP contribution in [0.4, 0.5) is 0 Å². The molecule has 8 rings (SSSR count). The summed E-state index contributed by atoms with van der Waals surface area (Å²) >= 11 is 0. The number of quaternary nitrogens is 4. The second kappa shape index (κ2) is 29.6. The van der Waals surface area contributed by atoms with E-state index in [9.17, 15) is 19.2 Å². The van der Waals surface area contributed by atoms with Gasteiger partial charge < -0.3 is 76.9 Å². The van der Waals surface area contributed by atoms with E-state index in [0.717, 1.165) is 88.1 Å². The molecule has 0 aliphatic carbocycles. The Morgan fingerprint density at radius 1 is 0.253 bits per heavy atom. The van der Waals surface area contributed by atoms with Crippen molar-refractivity contribution < 1.29 is 105 Å². The minimum absolute atomic E-state index is 0. The lowest BCUT2D eigenvalue weighted by Gasteiger charge is -2.45. The molecule has 2 atom stereocenters. The Morgan fingerprint density at radius 3 is 0.658 bits per heavy atom. The number of hydrogen-bond acceptors (Lipinski definition) is 4. The monoisotopic (exact) mass is 1310 g/mol. The van der Waals surface area contributed by atoms with Gasteiger partial charge in [-0.1, -0.05) is 218 Å². The number of nitrogens with zero attached hydrogens (tertiary/aromatic N) is 4. The quantitative estimate of drug-likeness (QED) is 0.0476. The third-order valence-electron chi connectivity index (χ3n) is 14.5. The Hall–Kier alpha value is -5.80. The van der Waals surface area contributed by atoms with Crippen molar-refractivity contribution in [2.45, 2.75) is 26.2 Å². The number of rotatable bonds is 24. The summed E-state index contributed by atoms with van der Waals surface area (Å²) in [6.45, 7) is 7.40. The summed E-state index contributed by atoms with van der Waals surface area (Å²) in [5.41, 5.74) is 10.1. The maximum Gasteiger partial charge on any atom is 0.208 e. The Morgan fingerprint density at radius 2 is 0.443 bits per heavy atom. The molecule has 0 aliphatic heterocycles. The molecule has 0 fully saturated rings. The SMILES string of the molecule is C[N+](C)(CC[N+](C)(Cc1ccc(C(=O)c2ccccc2)cc1)C[N+](C)(CC[N+](C)(C)Cc1ccc(C(=O)c2ccccc2)cc1)Cc1ccc(C(=O)c2ccccc2)cc1)Cc1ccc(C(=O)c2ccccc2)cc1.[Br-].[Br-].[Br-].[Br-]. The highest BCUT2D eigenvalue weighted by Gasteiger charge is 2.38. The van der Waals surface area contributed by atoms with E-state index in [1.54, 1.807) is 0 Å². The second-order valence-electron chi connectivity index (χ2n) is 22.3. The van der Waals surface area contributed by atoms with Crippen molar-refractivity contribution >= 4 is 23.1 Å². The number of benzene rings is 8. The molecule has 8 nitrogen and oxygen atoms in total. The third kappa shape index (κ3) is 18.6. The molecule has 0 aliphatic rings. The summed E-state index contributed by atoms with van der Waals surface area (Å²) in [6.07, 6.45) is 0. The maximum absolute atomic E-state index is 13.5. The van der Waals surface area contributed by atoms with Crippen molar-refractivity contribution in [3.8, 4) is 0 Å². The van der Waals surface area contributed by atoms with Gasteiger partial charge in [-0.15, -0.1) is 0 Å². The van der Waals surface area contributed by atoms with Crippen LogP contribution < -0.4 is 67.9 Å². The van der Waals surface area contributed by atoms with Gasteiger partial charge in [-0.25, -0.2) is 0 Å². The van der Waals surface area contributed by atoms with Crippen LogP contribution >= 0.6 is 0 Å². The van der Waals surface area contributed by atoms with E-state index in [0.29, 0.717) is 44.5 Å². The average Bonchev–Trinajstić information content (AvgIpc) is 3.43. The minimum atomic E-state index is 0. The predicted octanol–water partition coefficient (Wildman–Crippen LogP) is -0.269. The predicted molar refractivity (Wildman–Crippen MR) is 301 cm³/mol. The van der Waals surface area contributed by atoms with Crippen LogP contribution in [0, 0.1) is 0 Å². The first-order valence-corrected chi connectivity index (χ1v) is 26.0. The highest BCUT2D eigenvalue weighted by Crippen LogP contribution is 2.25. The molecule has 0 heterocycles. The van der Waals surface area contributed by atoms with Crippen molar-refractivity contribution in [1.29, 1.82) is 0 Å². The van der Waals surface area contributed by atoms with E-state index < -0.39 is 0 Å². The molecule has 0 aromatic heterocycles. The zero-order valence-corrected chi connectivity index (χ0v) is 52.4. The molecule has 0 radical (unpaired) electrons. The van der Waals surface area contributed by atoms with Crippen LogP contribution in [-0.2, 0) is 26.2 Å². The molecule has 0 saturated carbocycles. The van der Waals surface area contributed by atoms with Gasteiger partial charge in [0.25, 0.3) is 0 Å². The van der Waals surface area contributed by atoms with Crippen molar-refractivity contribution in [2.24, 2.45) is 0 Å². The fourth-order valence-corrected chi connectivity index (χ4v) is 10.3. The van der Waals surface area contributed by atoms with Crippen LogP contribution in [-0.4, -0.2) is 116 Å². The minimum Gasteiger partial charge on any atom is -1.00 e. The van der Waals surface area contributed by atoms with Gasteiger partial charge in [-0.3, -0.25) is 28.1 Å². The van der Waals surface area contributed by atoms with Gasteiger partial charge in [0.1, 0.15) is 52.4 Å². The van der Waals surface area contributed by atoms with Gasteiger partial charge in [0.2, 0.25) is 6.67 Å². The molecule has 0 bridgehead atoms. The number of halogens is 4. The van der Waals surface area contributed by atoms with Gasteiger partial charge in [-0.2, -0.15) is 0 Å². The number of carbonyl (C=O) groups excluding carboxylic acids is 4. The zero-order chi connectivity index (χ0) is 53.1. The van der Waals surface area contributed by atoms with Crippen LogP contribution in [0.5, 0.6) is 0 Å². The normalized spacial score (nSPS) is 12.6. The second-order valence-corrected chi connectivity index (χ2v) is 22.3. The molecule has 412 valence electrons. The Bertz CT molecular complexity index is 2980. The molecule has 79 heavy (non-hydrogen) atoms. The number of carbonyl (C=O) groups is 4. The van der Waals surface area contributed by atoms with Crippen molar-refractivity contribution in [3.63, 3.8) is 0 Å². The van der Waals surface area contributed by atoms with Gasteiger partial charge in [0.15, 0.2) is 23.1 Å². The molecular formula is C67H72Br4N4O4. The first kappa shape index (κ1) is 65.7. The van der Waals surface area contributed by atoms with Crippen LogP contribution in [0.1, 0.15) is 85.9 Å². The fourth-order valence-electron chi connectivity index (χ4n) is 10.3. The average molecular weight is 1320 g/mol. The lowest BCUT2D eigenvalue weighted by molar-refractivity contribution is -1.11. The fraction of sp³-hybridized carbons (Fsp3) is 0.224. The van der Waals surface area contributed by atoms with Gasteiger partial charge in [0, 0.05) is 66.8 Å². The number of ketones is 4. The number of likely N-dealkylation sites (N-methyl/N-ethyl adjacent to an activating group) is 4.